The predicted octanol–water partition coefficient (Wildman–Crippen LogP) is 4.12. The molecule has 2 atom stereocenters. The van der Waals surface area contributed by atoms with Crippen molar-refractivity contribution in [2.24, 2.45) is 5.92 Å². The van der Waals surface area contributed by atoms with E-state index in [9.17, 15) is 9.18 Å². The molecule has 110 valence electrons. The maximum absolute atomic E-state index is 13.5. The average molecular weight is 344 g/mol. The number of carbonyl (C=O) groups excluding carboxylic acids is 1. The van der Waals surface area contributed by atoms with Crippen LogP contribution in [0.4, 0.5) is 10.1 Å². The summed E-state index contributed by atoms with van der Waals surface area (Å²) in [7, 11) is 0. The lowest BCUT2D eigenvalue weighted by atomic mass is 9.85. The van der Waals surface area contributed by atoms with Gasteiger partial charge in [0.05, 0.1) is 17.0 Å². The van der Waals surface area contributed by atoms with Crippen molar-refractivity contribution in [3.05, 3.63) is 28.5 Å². The number of nitrogens with one attached hydrogen (secondary N) is 1. The van der Waals surface area contributed by atoms with Gasteiger partial charge in [0.15, 0.2) is 0 Å². The van der Waals surface area contributed by atoms with Crippen molar-refractivity contribution in [3.8, 4) is 0 Å². The summed E-state index contributed by atoms with van der Waals surface area (Å²) in [4.78, 5) is 11.8. The third-order valence-corrected chi connectivity index (χ3v) is 4.23. The highest BCUT2D eigenvalue weighted by Gasteiger charge is 2.28. The number of anilines is 1. The van der Waals surface area contributed by atoms with Gasteiger partial charge in [0, 0.05) is 11.7 Å². The quantitative estimate of drug-likeness (QED) is 0.835. The Morgan fingerprint density at radius 3 is 3.00 bits per heavy atom. The molecule has 0 aliphatic heterocycles. The molecule has 1 aliphatic carbocycles. The van der Waals surface area contributed by atoms with Crippen LogP contribution in [0.3, 0.4) is 0 Å². The van der Waals surface area contributed by atoms with Crippen LogP contribution in [0, 0.1) is 11.7 Å². The zero-order valence-corrected chi connectivity index (χ0v) is 13.1. The minimum atomic E-state index is -0.284. The lowest BCUT2D eigenvalue weighted by molar-refractivity contribution is -0.149. The van der Waals surface area contributed by atoms with E-state index in [-0.39, 0.29) is 23.7 Å². The Morgan fingerprint density at radius 2 is 2.30 bits per heavy atom. The number of rotatable bonds is 4. The minimum Gasteiger partial charge on any atom is -0.466 e. The fraction of sp³-hybridized carbons (Fsp3) is 0.533. The molecule has 0 radical (unpaired) electrons. The summed E-state index contributed by atoms with van der Waals surface area (Å²) in [6.07, 6.45) is 3.61. The molecule has 2 unspecified atom stereocenters. The first kappa shape index (κ1) is 15.3. The van der Waals surface area contributed by atoms with Gasteiger partial charge in [-0.3, -0.25) is 4.79 Å². The van der Waals surface area contributed by atoms with E-state index in [1.807, 2.05) is 13.0 Å². The Balaban J connectivity index is 1.95. The summed E-state index contributed by atoms with van der Waals surface area (Å²) in [5, 5.41) is 3.31. The molecule has 1 saturated carbocycles. The number of esters is 1. The smallest absolute Gasteiger partial charge is 0.308 e. The highest BCUT2D eigenvalue weighted by Crippen LogP contribution is 2.28. The fourth-order valence-electron chi connectivity index (χ4n) is 2.62. The van der Waals surface area contributed by atoms with Gasteiger partial charge in [-0.15, -0.1) is 0 Å². The van der Waals surface area contributed by atoms with Crippen LogP contribution in [-0.4, -0.2) is 18.6 Å². The van der Waals surface area contributed by atoms with Gasteiger partial charge in [0.2, 0.25) is 0 Å². The number of carbonyl (C=O) groups is 1. The molecule has 0 amide bonds. The normalized spacial score (nSPS) is 22.4. The highest BCUT2D eigenvalue weighted by molar-refractivity contribution is 9.10. The summed E-state index contributed by atoms with van der Waals surface area (Å²) < 4.78 is 19.0. The standard InChI is InChI=1S/C15H19BrFNO2/c1-2-20-15(19)10-4-3-5-11(8-10)18-12-6-7-13(16)14(17)9-12/h6-7,9-11,18H,2-5,8H2,1H3. The first-order valence-electron chi connectivity index (χ1n) is 6.98. The molecule has 2 rings (SSSR count). The lowest BCUT2D eigenvalue weighted by Gasteiger charge is -2.29. The second-order valence-electron chi connectivity index (χ2n) is 5.09. The fourth-order valence-corrected chi connectivity index (χ4v) is 2.86. The zero-order chi connectivity index (χ0) is 14.5. The van der Waals surface area contributed by atoms with Gasteiger partial charge in [-0.05, 0) is 60.3 Å². The highest BCUT2D eigenvalue weighted by atomic mass is 79.9. The van der Waals surface area contributed by atoms with E-state index in [1.54, 1.807) is 6.07 Å². The number of hydrogen-bond acceptors (Lipinski definition) is 3. The Kier molecular flexibility index (Phi) is 5.40. The number of benzene rings is 1. The van der Waals surface area contributed by atoms with Gasteiger partial charge in [-0.1, -0.05) is 6.42 Å². The van der Waals surface area contributed by atoms with E-state index in [4.69, 9.17) is 4.74 Å². The summed E-state index contributed by atoms with van der Waals surface area (Å²) in [5.41, 5.74) is 0.750. The minimum absolute atomic E-state index is 0.0403. The Labute approximate surface area is 127 Å². The third-order valence-electron chi connectivity index (χ3n) is 3.58. The molecule has 5 heteroatoms. The molecule has 0 spiro atoms. The van der Waals surface area contributed by atoms with Crippen LogP contribution in [0.1, 0.15) is 32.6 Å². The van der Waals surface area contributed by atoms with E-state index in [2.05, 4.69) is 21.2 Å². The van der Waals surface area contributed by atoms with Gasteiger partial charge < -0.3 is 10.1 Å². The van der Waals surface area contributed by atoms with Gasteiger partial charge in [0.1, 0.15) is 5.82 Å². The van der Waals surface area contributed by atoms with Crippen molar-refractivity contribution < 1.29 is 13.9 Å². The molecule has 0 bridgehead atoms. The molecule has 1 aliphatic rings. The molecule has 3 nitrogen and oxygen atoms in total. The zero-order valence-electron chi connectivity index (χ0n) is 11.5. The van der Waals surface area contributed by atoms with Gasteiger partial charge in [0.25, 0.3) is 0 Å². The first-order valence-corrected chi connectivity index (χ1v) is 7.77. The Morgan fingerprint density at radius 1 is 1.50 bits per heavy atom. The second-order valence-corrected chi connectivity index (χ2v) is 5.94. The Bertz CT molecular complexity index is 481. The predicted molar refractivity (Wildman–Crippen MR) is 80.1 cm³/mol. The van der Waals surface area contributed by atoms with E-state index in [1.165, 1.54) is 6.07 Å². The van der Waals surface area contributed by atoms with Gasteiger partial charge in [-0.2, -0.15) is 0 Å². The van der Waals surface area contributed by atoms with Crippen LogP contribution in [0.15, 0.2) is 22.7 Å². The van der Waals surface area contributed by atoms with E-state index >= 15 is 0 Å². The number of ether oxygens (including phenoxy) is 1. The van der Waals surface area contributed by atoms with Crippen LogP contribution in [-0.2, 0) is 9.53 Å². The number of halogens is 2. The first-order chi connectivity index (χ1) is 9.60. The molecular formula is C15H19BrFNO2. The van der Waals surface area contributed by atoms with Crippen LogP contribution in [0.25, 0.3) is 0 Å². The van der Waals surface area contributed by atoms with Crippen molar-refractivity contribution >= 4 is 27.6 Å². The van der Waals surface area contributed by atoms with Crippen molar-refractivity contribution in [2.45, 2.75) is 38.6 Å². The van der Waals surface area contributed by atoms with Crippen molar-refractivity contribution in [2.75, 3.05) is 11.9 Å². The lowest BCUT2D eigenvalue weighted by Crippen LogP contribution is -2.32. The van der Waals surface area contributed by atoms with Crippen LogP contribution < -0.4 is 5.32 Å². The number of hydrogen-bond donors (Lipinski definition) is 1. The molecule has 1 N–H and O–H groups in total. The summed E-state index contributed by atoms with van der Waals surface area (Å²) in [6, 6.07) is 5.18. The SMILES string of the molecule is CCOC(=O)C1CCCC(Nc2ccc(Br)c(F)c2)C1. The molecule has 0 aromatic heterocycles. The maximum Gasteiger partial charge on any atom is 0.308 e. The molecule has 1 fully saturated rings. The van der Waals surface area contributed by atoms with Crippen molar-refractivity contribution in [3.63, 3.8) is 0 Å². The van der Waals surface area contributed by atoms with Crippen molar-refractivity contribution in [1.82, 2.24) is 0 Å². The Hall–Kier alpha value is -1.10. The summed E-state index contributed by atoms with van der Waals surface area (Å²) >= 11 is 3.14. The summed E-state index contributed by atoms with van der Waals surface area (Å²) in [6.45, 7) is 2.24. The van der Waals surface area contributed by atoms with Crippen LogP contribution in [0.2, 0.25) is 0 Å². The van der Waals surface area contributed by atoms with Crippen molar-refractivity contribution in [1.29, 1.82) is 0 Å². The topological polar surface area (TPSA) is 38.3 Å². The van der Waals surface area contributed by atoms with Gasteiger partial charge >= 0.3 is 5.97 Å². The average Bonchev–Trinajstić information content (AvgIpc) is 2.43. The van der Waals surface area contributed by atoms with Crippen LogP contribution in [0.5, 0.6) is 0 Å². The summed E-state index contributed by atoms with van der Waals surface area (Å²) in [5.74, 6) is -0.435. The maximum atomic E-state index is 13.5. The second kappa shape index (κ2) is 7.07. The molecule has 1 aromatic rings. The van der Waals surface area contributed by atoms with Gasteiger partial charge in [-0.25, -0.2) is 4.39 Å². The third kappa shape index (κ3) is 3.95. The van der Waals surface area contributed by atoms with E-state index in [0.29, 0.717) is 11.1 Å². The largest absolute Gasteiger partial charge is 0.466 e. The molecule has 0 heterocycles. The van der Waals surface area contributed by atoms with Crippen LogP contribution >= 0.6 is 15.9 Å². The monoisotopic (exact) mass is 343 g/mol. The molecule has 0 saturated heterocycles. The molecule has 20 heavy (non-hydrogen) atoms. The molecular weight excluding hydrogens is 325 g/mol. The van der Waals surface area contributed by atoms with E-state index < -0.39 is 0 Å². The molecule has 1 aromatic carbocycles. The van der Waals surface area contributed by atoms with E-state index in [0.717, 1.165) is 31.4 Å².